The van der Waals surface area contributed by atoms with Crippen molar-refractivity contribution < 1.29 is 28.9 Å². The highest BCUT2D eigenvalue weighted by Gasteiger charge is 2.53. The van der Waals surface area contributed by atoms with Crippen LogP contribution in [0.3, 0.4) is 0 Å². The van der Waals surface area contributed by atoms with Gasteiger partial charge in [-0.1, -0.05) is 23.2 Å². The van der Waals surface area contributed by atoms with Crippen LogP contribution in [0.15, 0.2) is 0 Å². The molecule has 1 N–H and O–H groups in total. The second-order valence-corrected chi connectivity index (χ2v) is 12.1. The number of hydrogen-bond donors (Lipinski definition) is 1. The predicted molar refractivity (Wildman–Crippen MR) is 125 cm³/mol. The summed E-state index contributed by atoms with van der Waals surface area (Å²) in [5.74, 6) is 5.00. The zero-order valence-corrected chi connectivity index (χ0v) is 21.3. The van der Waals surface area contributed by atoms with Crippen molar-refractivity contribution in [1.29, 1.82) is 0 Å². The molecule has 0 saturated heterocycles. The first-order chi connectivity index (χ1) is 15.7. The van der Waals surface area contributed by atoms with Crippen LogP contribution in [0.5, 0.6) is 0 Å². The van der Waals surface area contributed by atoms with Gasteiger partial charge in [-0.25, -0.2) is 9.59 Å². The van der Waals surface area contributed by atoms with Gasteiger partial charge in [-0.2, -0.15) is 0 Å². The molecule has 0 aromatic heterocycles. The minimum absolute atomic E-state index is 0.120. The van der Waals surface area contributed by atoms with E-state index in [0.717, 1.165) is 74.0 Å². The Balaban J connectivity index is 0.000000132. The van der Waals surface area contributed by atoms with Crippen LogP contribution in [0.1, 0.15) is 77.0 Å². The third-order valence-corrected chi connectivity index (χ3v) is 8.96. The molecule has 0 atom stereocenters. The van der Waals surface area contributed by atoms with E-state index in [4.69, 9.17) is 27.9 Å². The van der Waals surface area contributed by atoms with Crippen molar-refractivity contribution >= 4 is 46.4 Å². The number of hydrogen-bond acceptors (Lipinski definition) is 6. The molecule has 0 aromatic carbocycles. The van der Waals surface area contributed by atoms with Gasteiger partial charge in [-0.3, -0.25) is 0 Å². The summed E-state index contributed by atoms with van der Waals surface area (Å²) in [5, 5.41) is 10.1. The van der Waals surface area contributed by atoms with E-state index >= 15 is 0 Å². The highest BCUT2D eigenvalue weighted by atomic mass is 35.5. The molecule has 33 heavy (non-hydrogen) atoms. The first-order valence-corrected chi connectivity index (χ1v) is 13.7. The molecule has 8 bridgehead atoms. The Labute approximate surface area is 210 Å². The Kier molecular flexibility index (Phi) is 8.30. The van der Waals surface area contributed by atoms with E-state index in [1.807, 2.05) is 0 Å². The average Bonchev–Trinajstić information content (AvgIpc) is 2.65. The molecule has 0 heterocycles. The number of aliphatic hydroxyl groups is 1. The molecular formula is C24H35Cl3O6. The summed E-state index contributed by atoms with van der Waals surface area (Å²) >= 11 is 14.9. The Morgan fingerprint density at radius 3 is 1.33 bits per heavy atom. The summed E-state index contributed by atoms with van der Waals surface area (Å²) in [7, 11) is 0. The van der Waals surface area contributed by atoms with Gasteiger partial charge in [0, 0.05) is 11.6 Å². The maximum atomic E-state index is 11.4. The van der Waals surface area contributed by atoms with Crippen molar-refractivity contribution in [2.24, 2.45) is 35.5 Å². The molecular weight excluding hydrogens is 491 g/mol. The third kappa shape index (κ3) is 6.62. The Bertz CT molecular complexity index is 644. The van der Waals surface area contributed by atoms with E-state index in [0.29, 0.717) is 0 Å². The van der Waals surface area contributed by atoms with Gasteiger partial charge in [0.1, 0.15) is 5.60 Å². The van der Waals surface area contributed by atoms with Crippen LogP contribution in [-0.4, -0.2) is 40.0 Å². The molecule has 0 radical (unpaired) electrons. The van der Waals surface area contributed by atoms with Gasteiger partial charge in [0.15, 0.2) is 12.1 Å². The fourth-order valence-electron chi connectivity index (χ4n) is 8.51. The molecule has 8 fully saturated rings. The minimum atomic E-state index is -0.870. The summed E-state index contributed by atoms with van der Waals surface area (Å²) in [4.78, 5) is 20.9. The van der Waals surface area contributed by atoms with Gasteiger partial charge in [0.05, 0.1) is 5.60 Å². The van der Waals surface area contributed by atoms with Crippen molar-refractivity contribution in [2.45, 2.75) is 88.3 Å². The van der Waals surface area contributed by atoms with Crippen molar-refractivity contribution in [3.8, 4) is 0 Å². The van der Waals surface area contributed by atoms with Gasteiger partial charge in [0.2, 0.25) is 0 Å². The van der Waals surface area contributed by atoms with Gasteiger partial charge in [-0.15, -0.1) is 0 Å². The summed E-state index contributed by atoms with van der Waals surface area (Å²) < 4.78 is 14.2. The molecule has 9 heteroatoms. The molecule has 8 saturated carbocycles. The second kappa shape index (κ2) is 10.7. The van der Waals surface area contributed by atoms with Gasteiger partial charge >= 0.3 is 11.6 Å². The predicted octanol–water partition coefficient (Wildman–Crippen LogP) is 6.81. The topological polar surface area (TPSA) is 82.1 Å². The first kappa shape index (κ1) is 25.7. The second-order valence-electron chi connectivity index (χ2n) is 11.3. The largest absolute Gasteiger partial charge is 0.510 e. The van der Waals surface area contributed by atoms with E-state index < -0.39 is 11.6 Å². The van der Waals surface area contributed by atoms with Crippen LogP contribution in [0, 0.1) is 35.5 Å². The fraction of sp³-hybridized carbons (Fsp3) is 0.917. The van der Waals surface area contributed by atoms with Crippen molar-refractivity contribution in [2.75, 3.05) is 12.1 Å². The summed E-state index contributed by atoms with van der Waals surface area (Å²) in [6.45, 7) is 0. The monoisotopic (exact) mass is 524 g/mol. The van der Waals surface area contributed by atoms with Gasteiger partial charge in [0.25, 0.3) is 0 Å². The summed E-state index contributed by atoms with van der Waals surface area (Å²) in [6, 6.07) is -0.298. The highest BCUT2D eigenvalue weighted by molar-refractivity contribution is 6.61. The number of ether oxygens (including phenoxy) is 3. The maximum Gasteiger partial charge on any atom is 0.510 e. The highest BCUT2D eigenvalue weighted by Crippen LogP contribution is 2.57. The lowest BCUT2D eigenvalue weighted by Crippen LogP contribution is -2.52. The van der Waals surface area contributed by atoms with Crippen molar-refractivity contribution in [3.63, 3.8) is 0 Å². The Hall–Kier alpha value is -0.430. The number of carbonyl (C=O) groups excluding carboxylic acids is 2. The molecule has 0 amide bonds. The number of carbonyl (C=O) groups is 2. The van der Waals surface area contributed by atoms with Crippen molar-refractivity contribution in [3.05, 3.63) is 0 Å². The van der Waals surface area contributed by atoms with Crippen LogP contribution >= 0.6 is 34.8 Å². The smallest absolute Gasteiger partial charge is 0.437 e. The molecule has 0 spiro atoms. The fourth-order valence-corrected chi connectivity index (χ4v) is 8.81. The normalized spacial score (nSPS) is 43.0. The third-order valence-electron chi connectivity index (χ3n) is 8.63. The first-order valence-electron chi connectivity index (χ1n) is 12.2. The lowest BCUT2D eigenvalue weighted by Gasteiger charge is -2.55. The van der Waals surface area contributed by atoms with Gasteiger partial charge < -0.3 is 19.3 Å². The zero-order valence-electron chi connectivity index (χ0n) is 19.0. The zero-order chi connectivity index (χ0) is 23.6. The van der Waals surface area contributed by atoms with E-state index in [9.17, 15) is 14.7 Å². The molecule has 0 unspecified atom stereocenters. The summed E-state index contributed by atoms with van der Waals surface area (Å²) in [6.07, 6.45) is 14.2. The Morgan fingerprint density at radius 2 is 1.06 bits per heavy atom. The quantitative estimate of drug-likeness (QED) is 0.248. The average molecular weight is 526 g/mol. The van der Waals surface area contributed by atoms with Crippen LogP contribution in [0.2, 0.25) is 0 Å². The standard InChI is InChI=1S/C12H17ClO3.C10H16O.C2H2Cl2O2/c13-7-15-11(14)16-12-4-8-1-9(5-12)3-10(2-8)6-12;11-10-4-7-1-8(5-10)3-9(2-7)6-10;3-1-6-2(4)5/h8-10H,1-7H2;7-9,11H,1-6H2;1H2. The number of rotatable bonds is 3. The van der Waals surface area contributed by atoms with Crippen LogP contribution in [-0.2, 0) is 14.2 Å². The molecule has 0 aliphatic heterocycles. The Morgan fingerprint density at radius 1 is 0.697 bits per heavy atom. The van der Waals surface area contributed by atoms with E-state index in [1.54, 1.807) is 0 Å². The van der Waals surface area contributed by atoms with Crippen LogP contribution in [0.25, 0.3) is 0 Å². The molecule has 0 aromatic rings. The van der Waals surface area contributed by atoms with Crippen LogP contribution in [0.4, 0.5) is 9.59 Å². The minimum Gasteiger partial charge on any atom is -0.437 e. The van der Waals surface area contributed by atoms with Gasteiger partial charge in [-0.05, 0) is 113 Å². The number of halogens is 3. The molecule has 6 nitrogen and oxygen atoms in total. The van der Waals surface area contributed by atoms with Crippen LogP contribution < -0.4 is 0 Å². The van der Waals surface area contributed by atoms with E-state index in [-0.39, 0.29) is 23.3 Å². The molecule has 8 rings (SSSR count). The maximum absolute atomic E-state index is 11.4. The van der Waals surface area contributed by atoms with E-state index in [2.05, 4.69) is 21.1 Å². The lowest BCUT2D eigenvalue weighted by atomic mass is 9.54. The lowest BCUT2D eigenvalue weighted by molar-refractivity contribution is -0.140. The molecule has 8 aliphatic carbocycles. The summed E-state index contributed by atoms with van der Waals surface area (Å²) in [5.41, 5.74) is -1.28. The van der Waals surface area contributed by atoms with E-state index in [1.165, 1.54) is 38.5 Å². The molecule has 188 valence electrons. The molecule has 8 aliphatic rings. The number of alkyl halides is 2. The SMILES string of the molecule is O=C(Cl)OCCl.O=C(OCCl)OC12CC3CC(CC(C3)C1)C2.OC12CC3CC(CC(C3)C1)C2. The van der Waals surface area contributed by atoms with Crippen molar-refractivity contribution in [1.82, 2.24) is 0 Å².